The van der Waals surface area contributed by atoms with Gasteiger partial charge in [-0.15, -0.1) is 6.58 Å². The second-order valence-electron chi connectivity index (χ2n) is 11.1. The van der Waals surface area contributed by atoms with E-state index in [0.29, 0.717) is 18.4 Å². The zero-order valence-electron chi connectivity index (χ0n) is 23.8. The molecule has 7 atom stereocenters. The molecule has 0 unspecified atom stereocenters. The van der Waals surface area contributed by atoms with Gasteiger partial charge in [-0.25, -0.2) is 9.59 Å². The van der Waals surface area contributed by atoms with Crippen molar-refractivity contribution < 1.29 is 69.4 Å². The molecule has 0 radical (unpaired) electrons. The highest BCUT2D eigenvalue weighted by Crippen LogP contribution is 2.41. The summed E-state index contributed by atoms with van der Waals surface area (Å²) in [6.07, 6.45) is 0.656. The van der Waals surface area contributed by atoms with E-state index in [1.165, 1.54) is 30.5 Å². The average molecular weight is 626 g/mol. The van der Waals surface area contributed by atoms with Crippen molar-refractivity contribution in [2.75, 3.05) is 26.3 Å². The molecule has 15 nitrogen and oxygen atoms in total. The lowest BCUT2D eigenvalue weighted by Gasteiger charge is -2.47. The topological polar surface area (TPSA) is 236 Å². The lowest BCUT2D eigenvalue weighted by molar-refractivity contribution is -0.405. The Balaban J connectivity index is 1.68. The Morgan fingerprint density at radius 3 is 2.43 bits per heavy atom. The van der Waals surface area contributed by atoms with Crippen molar-refractivity contribution in [1.82, 2.24) is 4.90 Å². The quantitative estimate of drug-likeness (QED) is 0.0714. The van der Waals surface area contributed by atoms with Crippen molar-refractivity contribution >= 4 is 11.9 Å². The number of carboxylic acid groups (broad SMARTS) is 1. The third kappa shape index (κ3) is 6.91. The van der Waals surface area contributed by atoms with E-state index in [2.05, 4.69) is 6.58 Å². The fourth-order valence-corrected chi connectivity index (χ4v) is 5.58. The van der Waals surface area contributed by atoms with Gasteiger partial charge in [0.15, 0.2) is 12.4 Å². The van der Waals surface area contributed by atoms with Crippen LogP contribution in [0.4, 0.5) is 0 Å². The van der Waals surface area contributed by atoms with Crippen LogP contribution in [0.25, 0.3) is 0 Å². The van der Waals surface area contributed by atoms with Crippen molar-refractivity contribution in [3.8, 4) is 0 Å². The summed E-state index contributed by atoms with van der Waals surface area (Å²) in [5, 5.41) is 81.6. The number of rotatable bonds is 11. The second-order valence-corrected chi connectivity index (χ2v) is 11.1. The van der Waals surface area contributed by atoms with E-state index >= 15 is 0 Å². The number of β-amino-alcohol motifs (C(OH)–C–C–N with tert-alkyl or cyclic N) is 1. The van der Waals surface area contributed by atoms with Crippen LogP contribution < -0.4 is 0 Å². The van der Waals surface area contributed by atoms with Crippen LogP contribution in [0.5, 0.6) is 0 Å². The molecule has 0 aromatic carbocycles. The largest absolute Gasteiger partial charge is 0.478 e. The first-order valence-electron chi connectivity index (χ1n) is 14.2. The van der Waals surface area contributed by atoms with E-state index in [1.54, 1.807) is 4.90 Å². The molecule has 8 N–H and O–H groups in total. The van der Waals surface area contributed by atoms with Gasteiger partial charge in [0.1, 0.15) is 35.7 Å². The minimum absolute atomic E-state index is 0.0817. The number of carbonyl (C=O) groups excluding carboxylic acids is 1. The van der Waals surface area contributed by atoms with E-state index in [0.717, 1.165) is 19.1 Å². The summed E-state index contributed by atoms with van der Waals surface area (Å²) in [6.45, 7) is 2.90. The molecule has 0 bridgehead atoms. The summed E-state index contributed by atoms with van der Waals surface area (Å²) in [5.41, 5.74) is -2.28. The Morgan fingerprint density at radius 2 is 1.82 bits per heavy atom. The molecule has 1 saturated carbocycles. The summed E-state index contributed by atoms with van der Waals surface area (Å²) in [5.74, 6) is -6.60. The first-order chi connectivity index (χ1) is 20.8. The smallest absolute Gasteiger partial charge is 0.340 e. The Bertz CT molecular complexity index is 1200. The maximum absolute atomic E-state index is 13.3. The maximum Gasteiger partial charge on any atom is 0.340 e. The van der Waals surface area contributed by atoms with Crippen molar-refractivity contribution in [1.29, 1.82) is 0 Å². The van der Waals surface area contributed by atoms with E-state index in [9.17, 15) is 50.4 Å². The van der Waals surface area contributed by atoms with E-state index in [4.69, 9.17) is 18.9 Å². The van der Waals surface area contributed by atoms with E-state index in [-0.39, 0.29) is 36.9 Å². The van der Waals surface area contributed by atoms with Crippen molar-refractivity contribution in [3.05, 3.63) is 60.1 Å². The molecular weight excluding hydrogens is 586 g/mol. The molecule has 3 aliphatic heterocycles. The predicted octanol–water partition coefficient (Wildman–Crippen LogP) is -1.86. The molecule has 44 heavy (non-hydrogen) atoms. The summed E-state index contributed by atoms with van der Waals surface area (Å²) in [7, 11) is 0. The van der Waals surface area contributed by atoms with Crippen LogP contribution >= 0.6 is 0 Å². The molecule has 0 amide bonds. The number of aliphatic carboxylic acids is 1. The highest BCUT2D eigenvalue weighted by Gasteiger charge is 2.57. The first-order valence-corrected chi connectivity index (χ1v) is 14.2. The summed E-state index contributed by atoms with van der Waals surface area (Å²) >= 11 is 0. The van der Waals surface area contributed by atoms with Crippen molar-refractivity contribution in [2.24, 2.45) is 5.92 Å². The number of carbonyl (C=O) groups is 2. The number of aliphatic hydroxyl groups is 7. The highest BCUT2D eigenvalue weighted by atomic mass is 16.8. The van der Waals surface area contributed by atoms with Gasteiger partial charge in [0.05, 0.1) is 24.7 Å². The highest BCUT2D eigenvalue weighted by molar-refractivity contribution is 5.92. The average Bonchev–Trinajstić information content (AvgIpc) is 3.50. The van der Waals surface area contributed by atoms with Crippen LogP contribution in [-0.2, 0) is 28.5 Å². The Hall–Kier alpha value is -3.12. The Morgan fingerprint density at radius 1 is 1.11 bits per heavy atom. The van der Waals surface area contributed by atoms with Gasteiger partial charge in [0, 0.05) is 19.3 Å². The third-order valence-electron chi connectivity index (χ3n) is 8.07. The number of ether oxygens (including phenoxy) is 4. The molecule has 15 heteroatoms. The lowest BCUT2D eigenvalue weighted by Crippen LogP contribution is -2.68. The van der Waals surface area contributed by atoms with Crippen LogP contribution in [0.2, 0.25) is 0 Å². The van der Waals surface area contributed by atoms with Crippen LogP contribution in [-0.4, -0.2) is 132 Å². The molecule has 3 heterocycles. The summed E-state index contributed by atoms with van der Waals surface area (Å²) < 4.78 is 22.2. The SMILES string of the molecule is C=C[C@H]1[C@H](O[C@@H]2O[C@H](CO)[C@@H](O)C(O)(O)[C@H]2O)OC=C(C(=O)OC2CCCC2)[C@@]1(O)/C=C/C1=CC(C(=O)O)=CN(CCO)C1. The second kappa shape index (κ2) is 13.9. The zero-order valence-corrected chi connectivity index (χ0v) is 23.8. The molecule has 0 aromatic rings. The molecule has 0 spiro atoms. The summed E-state index contributed by atoms with van der Waals surface area (Å²) in [6, 6.07) is 0. The van der Waals surface area contributed by atoms with Gasteiger partial charge in [-0.3, -0.25) is 0 Å². The predicted molar refractivity (Wildman–Crippen MR) is 148 cm³/mol. The minimum atomic E-state index is -3.15. The number of aliphatic hydroxyl groups excluding tert-OH is 4. The Labute approximate surface area is 252 Å². The normalized spacial score (nSPS) is 34.2. The number of nitrogens with zero attached hydrogens (tertiary/aromatic N) is 1. The first kappa shape index (κ1) is 33.8. The molecule has 1 aliphatic carbocycles. The monoisotopic (exact) mass is 625 g/mol. The fraction of sp³-hybridized carbons (Fsp3) is 0.586. The zero-order chi connectivity index (χ0) is 32.2. The van der Waals surface area contributed by atoms with Gasteiger partial charge in [-0.1, -0.05) is 12.2 Å². The van der Waals surface area contributed by atoms with Gasteiger partial charge in [0.25, 0.3) is 0 Å². The summed E-state index contributed by atoms with van der Waals surface area (Å²) in [4.78, 5) is 26.6. The van der Waals surface area contributed by atoms with Gasteiger partial charge >= 0.3 is 11.9 Å². The number of esters is 1. The van der Waals surface area contributed by atoms with Gasteiger partial charge in [-0.05, 0) is 43.4 Å². The van der Waals surface area contributed by atoms with Crippen LogP contribution in [0.15, 0.2) is 60.1 Å². The van der Waals surface area contributed by atoms with Crippen LogP contribution in [0.3, 0.4) is 0 Å². The van der Waals surface area contributed by atoms with Gasteiger partial charge < -0.3 is 64.7 Å². The van der Waals surface area contributed by atoms with Gasteiger partial charge in [-0.2, -0.15) is 0 Å². The Kier molecular flexibility index (Phi) is 10.7. The molecule has 1 saturated heterocycles. The third-order valence-corrected chi connectivity index (χ3v) is 8.07. The molecule has 2 fully saturated rings. The van der Waals surface area contributed by atoms with Gasteiger partial charge in [0.2, 0.25) is 12.1 Å². The standard InChI is InChI=1S/C29H39NO14/c1-2-19-26(44-27-23(34)29(39,40)22(33)21(14-32)43-27)41-15-20(25(37)42-18-5-3-4-6-18)28(19,38)8-7-16-11-17(24(35)36)13-30(12-16)9-10-31/h2,7-8,11,13,15,18-19,21-23,26-27,31-34,38-40H,1,3-6,9-10,12,14H2,(H,35,36)/b8-7+/t19-,21+,22+,23-,26-,27-,28+/m0/s1. The minimum Gasteiger partial charge on any atom is -0.478 e. The number of hydrogen-bond donors (Lipinski definition) is 8. The molecule has 244 valence electrons. The number of hydrogen-bond acceptors (Lipinski definition) is 14. The van der Waals surface area contributed by atoms with E-state index < -0.39 is 66.7 Å². The molecule has 4 rings (SSSR count). The molecular formula is C29H39NO14. The van der Waals surface area contributed by atoms with E-state index in [1.807, 2.05) is 0 Å². The molecule has 4 aliphatic rings. The maximum atomic E-state index is 13.3. The molecule has 0 aromatic heterocycles. The number of carboxylic acids is 1. The fourth-order valence-electron chi connectivity index (χ4n) is 5.58. The van der Waals surface area contributed by atoms with Crippen molar-refractivity contribution in [2.45, 2.75) is 74.1 Å². The van der Waals surface area contributed by atoms with Crippen LogP contribution in [0, 0.1) is 5.92 Å². The van der Waals surface area contributed by atoms with Crippen molar-refractivity contribution in [3.63, 3.8) is 0 Å². The lowest BCUT2D eigenvalue weighted by atomic mass is 9.78. The van der Waals surface area contributed by atoms with Crippen LogP contribution in [0.1, 0.15) is 25.7 Å².